The van der Waals surface area contributed by atoms with Gasteiger partial charge in [0, 0.05) is 45.7 Å². The van der Waals surface area contributed by atoms with Gasteiger partial charge in [0.15, 0.2) is 5.96 Å². The molecule has 1 saturated heterocycles. The van der Waals surface area contributed by atoms with Gasteiger partial charge in [-0.1, -0.05) is 37.3 Å². The molecule has 0 aliphatic carbocycles. The lowest BCUT2D eigenvalue weighted by Gasteiger charge is -2.25. The molecule has 1 fully saturated rings. The van der Waals surface area contributed by atoms with Gasteiger partial charge in [-0.3, -0.25) is 9.89 Å². The van der Waals surface area contributed by atoms with Gasteiger partial charge in [0.05, 0.1) is 19.8 Å². The number of guanidine groups is 1. The fourth-order valence-electron chi connectivity index (χ4n) is 3.31. The summed E-state index contributed by atoms with van der Waals surface area (Å²) < 4.78 is 7.50. The number of hydrogen-bond acceptors (Lipinski definition) is 5. The van der Waals surface area contributed by atoms with Crippen LogP contribution in [0.1, 0.15) is 18.3 Å². The van der Waals surface area contributed by atoms with Crippen LogP contribution in [0.5, 0.6) is 0 Å². The molecule has 2 aromatic rings. The van der Waals surface area contributed by atoms with E-state index in [2.05, 4.69) is 61.5 Å². The van der Waals surface area contributed by atoms with Crippen molar-refractivity contribution in [3.8, 4) is 0 Å². The Balaban J connectivity index is 1.47. The molecule has 1 aliphatic rings. The van der Waals surface area contributed by atoms with Gasteiger partial charge in [-0.05, 0) is 12.0 Å². The molecule has 1 aromatic heterocycles. The molecular weight excluding hydrogens is 366 g/mol. The zero-order valence-electron chi connectivity index (χ0n) is 17.4. The summed E-state index contributed by atoms with van der Waals surface area (Å²) >= 11 is 0. The second-order valence-electron chi connectivity index (χ2n) is 7.07. The third kappa shape index (κ3) is 7.47. The molecule has 0 atom stereocenters. The number of rotatable bonds is 10. The topological polar surface area (TPSA) is 79.6 Å². The Bertz CT molecular complexity index is 726. The molecule has 2 N–H and O–H groups in total. The van der Waals surface area contributed by atoms with Crippen molar-refractivity contribution >= 4 is 5.96 Å². The maximum absolute atomic E-state index is 5.41. The average Bonchev–Trinajstić information content (AvgIpc) is 3.22. The van der Waals surface area contributed by atoms with Crippen LogP contribution in [0.4, 0.5) is 0 Å². The van der Waals surface area contributed by atoms with E-state index in [1.54, 1.807) is 6.33 Å². The van der Waals surface area contributed by atoms with Crippen molar-refractivity contribution in [3.63, 3.8) is 0 Å². The molecule has 8 heteroatoms. The maximum Gasteiger partial charge on any atom is 0.191 e. The first-order chi connectivity index (χ1) is 14.3. The fraction of sp³-hybridized carbons (Fsp3) is 0.571. The van der Waals surface area contributed by atoms with Gasteiger partial charge in [0.2, 0.25) is 0 Å². The van der Waals surface area contributed by atoms with Gasteiger partial charge >= 0.3 is 0 Å². The molecule has 0 unspecified atom stereocenters. The first-order valence-corrected chi connectivity index (χ1v) is 10.6. The minimum absolute atomic E-state index is 0.771. The van der Waals surface area contributed by atoms with E-state index in [9.17, 15) is 0 Å². The highest BCUT2D eigenvalue weighted by atomic mass is 16.5. The third-order valence-electron chi connectivity index (χ3n) is 5.00. The molecule has 0 saturated carbocycles. The van der Waals surface area contributed by atoms with Crippen molar-refractivity contribution < 1.29 is 4.74 Å². The largest absolute Gasteiger partial charge is 0.379 e. The quantitative estimate of drug-likeness (QED) is 0.457. The molecule has 3 rings (SSSR count). The van der Waals surface area contributed by atoms with E-state index in [0.717, 1.165) is 83.7 Å². The monoisotopic (exact) mass is 399 g/mol. The summed E-state index contributed by atoms with van der Waals surface area (Å²) in [6.45, 7) is 9.90. The predicted octanol–water partition coefficient (Wildman–Crippen LogP) is 0.951. The Morgan fingerprint density at radius 3 is 2.69 bits per heavy atom. The Kier molecular flexibility index (Phi) is 8.93. The zero-order chi connectivity index (χ0) is 20.2. The van der Waals surface area contributed by atoms with Gasteiger partial charge < -0.3 is 19.9 Å². The fourth-order valence-corrected chi connectivity index (χ4v) is 3.31. The predicted molar refractivity (Wildman–Crippen MR) is 115 cm³/mol. The lowest BCUT2D eigenvalue weighted by Crippen LogP contribution is -2.41. The lowest BCUT2D eigenvalue weighted by molar-refractivity contribution is 0.0394. The molecule has 29 heavy (non-hydrogen) atoms. The first kappa shape index (κ1) is 21.3. The van der Waals surface area contributed by atoms with Crippen molar-refractivity contribution in [1.29, 1.82) is 0 Å². The summed E-state index contributed by atoms with van der Waals surface area (Å²) in [5, 5.41) is 15.1. The summed E-state index contributed by atoms with van der Waals surface area (Å²) in [6, 6.07) is 10.5. The van der Waals surface area contributed by atoms with Crippen LogP contribution >= 0.6 is 0 Å². The van der Waals surface area contributed by atoms with E-state index in [0.29, 0.717) is 0 Å². The molecule has 8 nitrogen and oxygen atoms in total. The molecule has 0 spiro atoms. The van der Waals surface area contributed by atoms with Gasteiger partial charge in [0.1, 0.15) is 12.2 Å². The van der Waals surface area contributed by atoms with Crippen molar-refractivity contribution in [2.24, 2.45) is 4.99 Å². The second kappa shape index (κ2) is 12.2. The van der Waals surface area contributed by atoms with Crippen LogP contribution in [0, 0.1) is 0 Å². The molecule has 0 amide bonds. The molecule has 0 radical (unpaired) electrons. The Hall–Kier alpha value is -2.45. The number of aliphatic imine (C=N–C) groups is 1. The minimum atomic E-state index is 0.771. The van der Waals surface area contributed by atoms with E-state index >= 15 is 0 Å². The zero-order valence-corrected chi connectivity index (χ0v) is 17.4. The first-order valence-electron chi connectivity index (χ1n) is 10.6. The molecular formula is C21H33N7O. The second-order valence-corrected chi connectivity index (χ2v) is 7.07. The number of ether oxygens (including phenoxy) is 1. The standard InChI is InChI=1S/C21H33N7O/c1-2-20-26-25-18-28(20)13-11-24-21(22-9-8-19-6-4-3-5-7-19)23-10-12-27-14-16-29-17-15-27/h3-7,18H,2,8-17H2,1H3,(H2,22,23,24). The van der Waals surface area contributed by atoms with Crippen LogP contribution in [0.3, 0.4) is 0 Å². The highest BCUT2D eigenvalue weighted by Crippen LogP contribution is 1.99. The number of aryl methyl sites for hydroxylation is 1. The Morgan fingerprint density at radius 2 is 1.90 bits per heavy atom. The number of nitrogens with zero attached hydrogens (tertiary/aromatic N) is 5. The van der Waals surface area contributed by atoms with Crippen molar-refractivity contribution in [2.75, 3.05) is 52.5 Å². The molecule has 2 heterocycles. The van der Waals surface area contributed by atoms with E-state index in [1.165, 1.54) is 5.56 Å². The van der Waals surface area contributed by atoms with Gasteiger partial charge in [-0.15, -0.1) is 10.2 Å². The van der Waals surface area contributed by atoms with Gasteiger partial charge in [0.25, 0.3) is 0 Å². The summed E-state index contributed by atoms with van der Waals surface area (Å²) in [5.74, 6) is 1.87. The number of morpholine rings is 1. The molecule has 0 bridgehead atoms. The highest BCUT2D eigenvalue weighted by Gasteiger charge is 2.09. The molecule has 1 aromatic carbocycles. The highest BCUT2D eigenvalue weighted by molar-refractivity contribution is 5.79. The normalized spacial score (nSPS) is 15.4. The van der Waals surface area contributed by atoms with E-state index in [-0.39, 0.29) is 0 Å². The van der Waals surface area contributed by atoms with Gasteiger partial charge in [-0.25, -0.2) is 0 Å². The van der Waals surface area contributed by atoms with Crippen LogP contribution in [-0.2, 0) is 24.1 Å². The van der Waals surface area contributed by atoms with Crippen LogP contribution < -0.4 is 10.6 Å². The minimum Gasteiger partial charge on any atom is -0.379 e. The maximum atomic E-state index is 5.41. The summed E-state index contributed by atoms with van der Waals surface area (Å²) in [6.07, 6.45) is 3.64. The average molecular weight is 400 g/mol. The lowest BCUT2D eigenvalue weighted by atomic mass is 10.1. The van der Waals surface area contributed by atoms with Crippen molar-refractivity contribution in [1.82, 2.24) is 30.3 Å². The third-order valence-corrected chi connectivity index (χ3v) is 5.00. The van der Waals surface area contributed by atoms with Crippen molar-refractivity contribution in [2.45, 2.75) is 26.3 Å². The molecule has 158 valence electrons. The smallest absolute Gasteiger partial charge is 0.191 e. The SMILES string of the molecule is CCc1nncn1CCNC(=NCCN1CCOCC1)NCCc1ccccc1. The van der Waals surface area contributed by atoms with E-state index < -0.39 is 0 Å². The van der Waals surface area contributed by atoms with Gasteiger partial charge in [-0.2, -0.15) is 0 Å². The van der Waals surface area contributed by atoms with Crippen LogP contribution in [0.15, 0.2) is 41.7 Å². The van der Waals surface area contributed by atoms with E-state index in [4.69, 9.17) is 9.73 Å². The van der Waals surface area contributed by atoms with Crippen molar-refractivity contribution in [3.05, 3.63) is 48.0 Å². The Labute approximate surface area is 173 Å². The van der Waals surface area contributed by atoms with Crippen LogP contribution in [0.25, 0.3) is 0 Å². The van der Waals surface area contributed by atoms with Crippen LogP contribution in [-0.4, -0.2) is 78.1 Å². The Morgan fingerprint density at radius 1 is 1.10 bits per heavy atom. The number of aromatic nitrogens is 3. The number of hydrogen-bond donors (Lipinski definition) is 2. The molecule has 1 aliphatic heterocycles. The number of benzene rings is 1. The number of nitrogens with one attached hydrogen (secondary N) is 2. The van der Waals surface area contributed by atoms with Crippen LogP contribution in [0.2, 0.25) is 0 Å². The summed E-state index contributed by atoms with van der Waals surface area (Å²) in [4.78, 5) is 7.18. The summed E-state index contributed by atoms with van der Waals surface area (Å²) in [5.41, 5.74) is 1.32. The van der Waals surface area contributed by atoms with E-state index in [1.807, 2.05) is 6.07 Å². The summed E-state index contributed by atoms with van der Waals surface area (Å²) in [7, 11) is 0.